The normalized spacial score (nSPS) is 20.1. The first-order chi connectivity index (χ1) is 15.5. The van der Waals surface area contributed by atoms with Crippen molar-refractivity contribution in [3.05, 3.63) is 71.3 Å². The molecule has 2 aromatic carbocycles. The quantitative estimate of drug-likeness (QED) is 0.438. The SMILES string of the molecule is CCC(C)NC(=O)c1cccc(CNC(=NC)NC2CC(C)N(Cc3ccccc3)C2)c1. The van der Waals surface area contributed by atoms with Crippen LogP contribution < -0.4 is 16.0 Å². The van der Waals surface area contributed by atoms with Gasteiger partial charge in [-0.3, -0.25) is 14.7 Å². The Labute approximate surface area is 192 Å². The first-order valence-electron chi connectivity index (χ1n) is 11.6. The highest BCUT2D eigenvalue weighted by Gasteiger charge is 2.29. The van der Waals surface area contributed by atoms with Crippen molar-refractivity contribution in [3.8, 4) is 0 Å². The number of carbonyl (C=O) groups excluding carboxylic acids is 1. The van der Waals surface area contributed by atoms with Crippen LogP contribution in [0.2, 0.25) is 0 Å². The van der Waals surface area contributed by atoms with E-state index in [1.807, 2.05) is 31.2 Å². The minimum atomic E-state index is -0.0258. The largest absolute Gasteiger partial charge is 0.352 e. The number of likely N-dealkylation sites (tertiary alicyclic amines) is 1. The van der Waals surface area contributed by atoms with Crippen molar-refractivity contribution < 1.29 is 4.79 Å². The predicted molar refractivity (Wildman–Crippen MR) is 132 cm³/mol. The lowest BCUT2D eigenvalue weighted by Crippen LogP contribution is -2.44. The van der Waals surface area contributed by atoms with E-state index in [9.17, 15) is 4.79 Å². The molecule has 0 aromatic heterocycles. The number of nitrogens with one attached hydrogen (secondary N) is 3. The van der Waals surface area contributed by atoms with E-state index in [0.29, 0.717) is 24.2 Å². The molecule has 0 spiro atoms. The molecule has 1 heterocycles. The minimum absolute atomic E-state index is 0.0258. The number of hydrogen-bond donors (Lipinski definition) is 3. The van der Waals surface area contributed by atoms with E-state index >= 15 is 0 Å². The number of amides is 1. The van der Waals surface area contributed by atoms with Gasteiger partial charge in [-0.25, -0.2) is 0 Å². The monoisotopic (exact) mass is 435 g/mol. The maximum absolute atomic E-state index is 12.4. The van der Waals surface area contributed by atoms with Crippen LogP contribution in [0.15, 0.2) is 59.6 Å². The lowest BCUT2D eigenvalue weighted by atomic mass is 10.1. The fourth-order valence-corrected chi connectivity index (χ4v) is 4.05. The molecule has 0 saturated carbocycles. The van der Waals surface area contributed by atoms with Crippen LogP contribution >= 0.6 is 0 Å². The molecule has 1 amide bonds. The van der Waals surface area contributed by atoms with Gasteiger partial charge in [-0.05, 0) is 49.9 Å². The number of guanidine groups is 1. The molecule has 1 aliphatic heterocycles. The van der Waals surface area contributed by atoms with Crippen molar-refractivity contribution in [1.29, 1.82) is 0 Å². The Bertz CT molecular complexity index is 898. The first kappa shape index (κ1) is 23.8. The van der Waals surface area contributed by atoms with E-state index in [2.05, 4.69) is 70.0 Å². The molecule has 172 valence electrons. The van der Waals surface area contributed by atoms with Crippen LogP contribution in [0.1, 0.15) is 55.1 Å². The molecule has 32 heavy (non-hydrogen) atoms. The summed E-state index contributed by atoms with van der Waals surface area (Å²) in [6.07, 6.45) is 2.00. The average molecular weight is 436 g/mol. The fraction of sp³-hybridized carbons (Fsp3) is 0.462. The van der Waals surface area contributed by atoms with E-state index in [1.165, 1.54) is 5.56 Å². The number of benzene rings is 2. The maximum Gasteiger partial charge on any atom is 0.251 e. The van der Waals surface area contributed by atoms with Crippen LogP contribution in [-0.2, 0) is 13.1 Å². The van der Waals surface area contributed by atoms with Gasteiger partial charge in [0.05, 0.1) is 0 Å². The standard InChI is InChI=1S/C26H37N5O/c1-5-19(2)29-25(32)23-13-9-12-22(15-23)16-28-26(27-4)30-24-14-20(3)31(18-24)17-21-10-7-6-8-11-21/h6-13,15,19-20,24H,5,14,16-18H2,1-4H3,(H,29,32)(H2,27,28,30). The van der Waals surface area contributed by atoms with E-state index < -0.39 is 0 Å². The molecular weight excluding hydrogens is 398 g/mol. The lowest BCUT2D eigenvalue weighted by molar-refractivity contribution is 0.0939. The minimum Gasteiger partial charge on any atom is -0.352 e. The Morgan fingerprint density at radius 1 is 1.16 bits per heavy atom. The molecule has 6 heteroatoms. The summed E-state index contributed by atoms with van der Waals surface area (Å²) < 4.78 is 0. The summed E-state index contributed by atoms with van der Waals surface area (Å²) in [5.74, 6) is 0.764. The third kappa shape index (κ3) is 6.82. The molecule has 1 aliphatic rings. The second kappa shape index (κ2) is 11.7. The lowest BCUT2D eigenvalue weighted by Gasteiger charge is -2.21. The zero-order chi connectivity index (χ0) is 22.9. The molecule has 0 radical (unpaired) electrons. The van der Waals surface area contributed by atoms with E-state index in [1.54, 1.807) is 7.05 Å². The Hall–Kier alpha value is -2.86. The number of hydrogen-bond acceptors (Lipinski definition) is 3. The Balaban J connectivity index is 1.51. The van der Waals surface area contributed by atoms with Gasteiger partial charge in [0.1, 0.15) is 0 Å². The molecule has 2 aromatic rings. The summed E-state index contributed by atoms with van der Waals surface area (Å²) >= 11 is 0. The Kier molecular flexibility index (Phi) is 8.68. The second-order valence-electron chi connectivity index (χ2n) is 8.75. The molecular formula is C26H37N5O. The van der Waals surface area contributed by atoms with Gasteiger partial charge >= 0.3 is 0 Å². The van der Waals surface area contributed by atoms with Crippen LogP contribution in [0.3, 0.4) is 0 Å². The molecule has 0 aliphatic carbocycles. The number of carbonyl (C=O) groups is 1. The average Bonchev–Trinajstić information content (AvgIpc) is 3.15. The highest BCUT2D eigenvalue weighted by Crippen LogP contribution is 2.20. The number of aliphatic imine (C=N–C) groups is 1. The van der Waals surface area contributed by atoms with Gasteiger partial charge in [-0.2, -0.15) is 0 Å². The summed E-state index contributed by atoms with van der Waals surface area (Å²) in [6.45, 7) is 8.94. The maximum atomic E-state index is 12.4. The van der Waals surface area contributed by atoms with Crippen molar-refractivity contribution in [2.75, 3.05) is 13.6 Å². The summed E-state index contributed by atoms with van der Waals surface area (Å²) in [5, 5.41) is 9.99. The smallest absolute Gasteiger partial charge is 0.251 e. The number of nitrogens with zero attached hydrogens (tertiary/aromatic N) is 2. The fourth-order valence-electron chi connectivity index (χ4n) is 4.05. The van der Waals surface area contributed by atoms with Gasteiger partial charge in [0.15, 0.2) is 5.96 Å². The van der Waals surface area contributed by atoms with Crippen molar-refractivity contribution in [2.45, 2.75) is 64.8 Å². The molecule has 3 rings (SSSR count). The van der Waals surface area contributed by atoms with E-state index in [0.717, 1.165) is 37.5 Å². The van der Waals surface area contributed by atoms with Gasteiger partial charge in [0.25, 0.3) is 5.91 Å². The van der Waals surface area contributed by atoms with Crippen LogP contribution in [0.5, 0.6) is 0 Å². The summed E-state index contributed by atoms with van der Waals surface area (Å²) in [4.78, 5) is 19.3. The third-order valence-electron chi connectivity index (χ3n) is 6.14. The van der Waals surface area contributed by atoms with Crippen molar-refractivity contribution in [3.63, 3.8) is 0 Å². The zero-order valence-corrected chi connectivity index (χ0v) is 19.8. The van der Waals surface area contributed by atoms with Crippen molar-refractivity contribution in [1.82, 2.24) is 20.9 Å². The third-order valence-corrected chi connectivity index (χ3v) is 6.14. The second-order valence-corrected chi connectivity index (χ2v) is 8.75. The van der Waals surface area contributed by atoms with Crippen LogP contribution in [0.4, 0.5) is 0 Å². The van der Waals surface area contributed by atoms with Gasteiger partial charge in [0.2, 0.25) is 0 Å². The summed E-state index contributed by atoms with van der Waals surface area (Å²) in [7, 11) is 1.80. The van der Waals surface area contributed by atoms with Gasteiger partial charge in [-0.1, -0.05) is 49.4 Å². The summed E-state index contributed by atoms with van der Waals surface area (Å²) in [6, 6.07) is 19.4. The van der Waals surface area contributed by atoms with Crippen LogP contribution in [0, 0.1) is 0 Å². The van der Waals surface area contributed by atoms with Crippen molar-refractivity contribution >= 4 is 11.9 Å². The zero-order valence-electron chi connectivity index (χ0n) is 19.8. The van der Waals surface area contributed by atoms with Gasteiger partial charge in [0, 0.05) is 50.4 Å². The van der Waals surface area contributed by atoms with E-state index in [-0.39, 0.29) is 11.9 Å². The molecule has 3 atom stereocenters. The van der Waals surface area contributed by atoms with Crippen LogP contribution in [0.25, 0.3) is 0 Å². The molecule has 1 saturated heterocycles. The molecule has 1 fully saturated rings. The Morgan fingerprint density at radius 3 is 2.62 bits per heavy atom. The molecule has 6 nitrogen and oxygen atoms in total. The topological polar surface area (TPSA) is 68.8 Å². The highest BCUT2D eigenvalue weighted by atomic mass is 16.1. The predicted octanol–water partition coefficient (Wildman–Crippen LogP) is 3.54. The van der Waals surface area contributed by atoms with Crippen molar-refractivity contribution in [2.24, 2.45) is 4.99 Å². The summed E-state index contributed by atoms with van der Waals surface area (Å²) in [5.41, 5.74) is 3.09. The van der Waals surface area contributed by atoms with Crippen LogP contribution in [-0.4, -0.2) is 48.5 Å². The Morgan fingerprint density at radius 2 is 1.91 bits per heavy atom. The van der Waals surface area contributed by atoms with E-state index in [4.69, 9.17) is 0 Å². The van der Waals surface area contributed by atoms with Gasteiger partial charge in [-0.15, -0.1) is 0 Å². The number of rotatable bonds is 8. The highest BCUT2D eigenvalue weighted by molar-refractivity contribution is 5.94. The molecule has 3 unspecified atom stereocenters. The first-order valence-corrected chi connectivity index (χ1v) is 11.6. The molecule has 3 N–H and O–H groups in total. The van der Waals surface area contributed by atoms with Gasteiger partial charge < -0.3 is 16.0 Å². The molecule has 0 bridgehead atoms.